The van der Waals surface area contributed by atoms with Crippen LogP contribution in [0, 0.1) is 11.3 Å². The maximum absolute atomic E-state index is 12.0. The van der Waals surface area contributed by atoms with Gasteiger partial charge in [-0.2, -0.15) is 0 Å². The predicted molar refractivity (Wildman–Crippen MR) is 71.1 cm³/mol. The Morgan fingerprint density at radius 2 is 1.83 bits per heavy atom. The lowest BCUT2D eigenvalue weighted by Crippen LogP contribution is -2.50. The molecule has 0 aromatic rings. The second-order valence-electron chi connectivity index (χ2n) is 6.60. The SMILES string of the molecule is CC(C)C(O)C(C)(C)CNC(=O)C1(O)CCCC1. The van der Waals surface area contributed by atoms with E-state index in [0.717, 1.165) is 12.8 Å². The van der Waals surface area contributed by atoms with Crippen LogP contribution in [0.15, 0.2) is 0 Å². The van der Waals surface area contributed by atoms with Crippen LogP contribution in [0.5, 0.6) is 0 Å². The number of carbonyl (C=O) groups excluding carboxylic acids is 1. The summed E-state index contributed by atoms with van der Waals surface area (Å²) in [4.78, 5) is 12.0. The summed E-state index contributed by atoms with van der Waals surface area (Å²) < 4.78 is 0. The average molecular weight is 257 g/mol. The molecule has 0 heterocycles. The number of rotatable bonds is 5. The van der Waals surface area contributed by atoms with Crippen molar-refractivity contribution in [3.63, 3.8) is 0 Å². The molecule has 0 bridgehead atoms. The van der Waals surface area contributed by atoms with Crippen LogP contribution in [-0.2, 0) is 4.79 Å². The van der Waals surface area contributed by atoms with E-state index < -0.39 is 17.1 Å². The highest BCUT2D eigenvalue weighted by Crippen LogP contribution is 2.30. The normalized spacial score (nSPS) is 21.1. The fourth-order valence-corrected chi connectivity index (χ4v) is 2.67. The zero-order chi connectivity index (χ0) is 14.0. The maximum atomic E-state index is 12.0. The zero-order valence-electron chi connectivity index (χ0n) is 12.0. The van der Waals surface area contributed by atoms with Crippen molar-refractivity contribution in [3.05, 3.63) is 0 Å². The summed E-state index contributed by atoms with van der Waals surface area (Å²) in [5.41, 5.74) is -1.57. The monoisotopic (exact) mass is 257 g/mol. The molecule has 0 aromatic carbocycles. The Morgan fingerprint density at radius 1 is 1.33 bits per heavy atom. The van der Waals surface area contributed by atoms with Gasteiger partial charge in [0.1, 0.15) is 5.60 Å². The largest absolute Gasteiger partial charge is 0.392 e. The second kappa shape index (κ2) is 5.57. The van der Waals surface area contributed by atoms with Crippen LogP contribution in [0.3, 0.4) is 0 Å². The van der Waals surface area contributed by atoms with E-state index in [9.17, 15) is 15.0 Å². The van der Waals surface area contributed by atoms with Gasteiger partial charge in [-0.15, -0.1) is 0 Å². The molecule has 18 heavy (non-hydrogen) atoms. The van der Waals surface area contributed by atoms with Gasteiger partial charge in [-0.05, 0) is 31.6 Å². The van der Waals surface area contributed by atoms with Crippen molar-refractivity contribution in [2.45, 2.75) is 65.1 Å². The number of carbonyl (C=O) groups is 1. The first-order chi connectivity index (χ1) is 8.19. The van der Waals surface area contributed by atoms with E-state index in [0.29, 0.717) is 19.4 Å². The van der Waals surface area contributed by atoms with E-state index in [1.807, 2.05) is 27.7 Å². The van der Waals surface area contributed by atoms with Crippen molar-refractivity contribution >= 4 is 5.91 Å². The summed E-state index contributed by atoms with van der Waals surface area (Å²) in [6.07, 6.45) is 2.43. The highest BCUT2D eigenvalue weighted by atomic mass is 16.3. The quantitative estimate of drug-likeness (QED) is 0.698. The maximum Gasteiger partial charge on any atom is 0.251 e. The third-order valence-corrected chi connectivity index (χ3v) is 3.99. The number of amides is 1. The summed E-state index contributed by atoms with van der Waals surface area (Å²) in [6, 6.07) is 0. The molecule has 3 N–H and O–H groups in total. The molecule has 0 saturated heterocycles. The summed E-state index contributed by atoms with van der Waals surface area (Å²) >= 11 is 0. The second-order valence-corrected chi connectivity index (χ2v) is 6.60. The molecule has 1 amide bonds. The molecular formula is C14H27NO3. The van der Waals surface area contributed by atoms with Crippen molar-refractivity contribution in [2.24, 2.45) is 11.3 Å². The van der Waals surface area contributed by atoms with E-state index in [4.69, 9.17) is 0 Å². The van der Waals surface area contributed by atoms with Crippen molar-refractivity contribution in [3.8, 4) is 0 Å². The van der Waals surface area contributed by atoms with E-state index >= 15 is 0 Å². The molecule has 106 valence electrons. The van der Waals surface area contributed by atoms with E-state index in [-0.39, 0.29) is 11.8 Å². The van der Waals surface area contributed by atoms with Gasteiger partial charge in [-0.1, -0.05) is 27.7 Å². The third-order valence-electron chi connectivity index (χ3n) is 3.99. The first kappa shape index (κ1) is 15.4. The molecule has 0 aromatic heterocycles. The first-order valence-corrected chi connectivity index (χ1v) is 6.88. The number of nitrogens with one attached hydrogen (secondary N) is 1. The van der Waals surface area contributed by atoms with Gasteiger partial charge < -0.3 is 15.5 Å². The van der Waals surface area contributed by atoms with E-state index in [1.165, 1.54) is 0 Å². The van der Waals surface area contributed by atoms with Crippen LogP contribution < -0.4 is 5.32 Å². The molecule has 1 saturated carbocycles. The molecule has 1 unspecified atom stereocenters. The van der Waals surface area contributed by atoms with Gasteiger partial charge in [-0.3, -0.25) is 4.79 Å². The minimum Gasteiger partial charge on any atom is -0.392 e. The molecular weight excluding hydrogens is 230 g/mol. The van der Waals surface area contributed by atoms with Gasteiger partial charge >= 0.3 is 0 Å². The topological polar surface area (TPSA) is 69.6 Å². The molecule has 4 heteroatoms. The standard InChI is InChI=1S/C14H27NO3/c1-10(2)11(16)13(3,4)9-15-12(17)14(18)7-5-6-8-14/h10-11,16,18H,5-9H2,1-4H3,(H,15,17). The Kier molecular flexibility index (Phi) is 4.78. The summed E-state index contributed by atoms with van der Waals surface area (Å²) in [5.74, 6) is -0.143. The Labute approximate surface area is 110 Å². The number of aliphatic hydroxyl groups is 2. The van der Waals surface area contributed by atoms with Crippen LogP contribution in [0.4, 0.5) is 0 Å². The molecule has 1 aliphatic rings. The minimum absolute atomic E-state index is 0.145. The van der Waals surface area contributed by atoms with Crippen molar-refractivity contribution < 1.29 is 15.0 Å². The Hall–Kier alpha value is -0.610. The third kappa shape index (κ3) is 3.45. The lowest BCUT2D eigenvalue weighted by Gasteiger charge is -2.34. The summed E-state index contributed by atoms with van der Waals surface area (Å²) in [6.45, 7) is 8.15. The number of hydrogen-bond donors (Lipinski definition) is 3. The molecule has 1 aliphatic carbocycles. The molecule has 0 radical (unpaired) electrons. The van der Waals surface area contributed by atoms with Gasteiger partial charge in [0.25, 0.3) is 5.91 Å². The van der Waals surface area contributed by atoms with Crippen LogP contribution in [0.2, 0.25) is 0 Å². The van der Waals surface area contributed by atoms with Gasteiger partial charge in [0.2, 0.25) is 0 Å². The number of aliphatic hydroxyl groups excluding tert-OH is 1. The van der Waals surface area contributed by atoms with Crippen molar-refractivity contribution in [1.82, 2.24) is 5.32 Å². The van der Waals surface area contributed by atoms with E-state index in [1.54, 1.807) is 0 Å². The van der Waals surface area contributed by atoms with Gasteiger partial charge in [0.05, 0.1) is 6.10 Å². The van der Waals surface area contributed by atoms with Gasteiger partial charge in [-0.25, -0.2) is 0 Å². The molecule has 0 spiro atoms. The minimum atomic E-state index is -1.18. The lowest BCUT2D eigenvalue weighted by molar-refractivity contribution is -0.140. The van der Waals surface area contributed by atoms with Crippen LogP contribution in [-0.4, -0.2) is 34.4 Å². The zero-order valence-corrected chi connectivity index (χ0v) is 12.0. The fraction of sp³-hybridized carbons (Fsp3) is 0.929. The smallest absolute Gasteiger partial charge is 0.251 e. The average Bonchev–Trinajstić information content (AvgIpc) is 2.73. The Balaban J connectivity index is 2.51. The molecule has 1 fully saturated rings. The first-order valence-electron chi connectivity index (χ1n) is 6.88. The van der Waals surface area contributed by atoms with Gasteiger partial charge in [0, 0.05) is 12.0 Å². The predicted octanol–water partition coefficient (Wildman–Crippen LogP) is 1.45. The summed E-state index contributed by atoms with van der Waals surface area (Å²) in [7, 11) is 0. The van der Waals surface area contributed by atoms with E-state index in [2.05, 4.69) is 5.32 Å². The molecule has 4 nitrogen and oxygen atoms in total. The van der Waals surface area contributed by atoms with Gasteiger partial charge in [0.15, 0.2) is 0 Å². The Morgan fingerprint density at radius 3 is 2.28 bits per heavy atom. The molecule has 0 aliphatic heterocycles. The molecule has 1 rings (SSSR count). The van der Waals surface area contributed by atoms with Crippen LogP contribution in [0.25, 0.3) is 0 Å². The fourth-order valence-electron chi connectivity index (χ4n) is 2.67. The van der Waals surface area contributed by atoms with Crippen LogP contribution in [0.1, 0.15) is 53.4 Å². The number of hydrogen-bond acceptors (Lipinski definition) is 3. The highest BCUT2D eigenvalue weighted by molar-refractivity contribution is 5.85. The van der Waals surface area contributed by atoms with Crippen molar-refractivity contribution in [2.75, 3.05) is 6.54 Å². The molecule has 1 atom stereocenters. The van der Waals surface area contributed by atoms with Crippen molar-refractivity contribution in [1.29, 1.82) is 0 Å². The van der Waals surface area contributed by atoms with Crippen LogP contribution >= 0.6 is 0 Å². The summed E-state index contributed by atoms with van der Waals surface area (Å²) in [5, 5.41) is 23.0. The Bertz CT molecular complexity index is 293. The lowest BCUT2D eigenvalue weighted by atomic mass is 9.80. The highest BCUT2D eigenvalue weighted by Gasteiger charge is 2.40.